The van der Waals surface area contributed by atoms with Crippen molar-refractivity contribution in [1.82, 2.24) is 25.3 Å². The number of methoxy groups -OCH3 is 3. The molecule has 0 saturated carbocycles. The van der Waals surface area contributed by atoms with E-state index >= 15 is 0 Å². The SMILES string of the molecule is COc1cc(Nc2cnc3ccc(NC(=O)NC4CCN(O)CC4)nc3n2)cc(OC)c1OC. The lowest BCUT2D eigenvalue weighted by Crippen LogP contribution is -2.45. The van der Waals surface area contributed by atoms with Crippen LogP contribution in [0.1, 0.15) is 12.8 Å². The summed E-state index contributed by atoms with van der Waals surface area (Å²) in [5.41, 5.74) is 1.60. The van der Waals surface area contributed by atoms with Crippen LogP contribution in [0.25, 0.3) is 11.2 Å². The predicted molar refractivity (Wildman–Crippen MR) is 125 cm³/mol. The molecular formula is C22H27N7O5. The van der Waals surface area contributed by atoms with Crippen molar-refractivity contribution in [3.05, 3.63) is 30.5 Å². The van der Waals surface area contributed by atoms with Crippen LogP contribution in [0.15, 0.2) is 30.5 Å². The number of hydrogen-bond donors (Lipinski definition) is 4. The van der Waals surface area contributed by atoms with E-state index in [4.69, 9.17) is 14.2 Å². The monoisotopic (exact) mass is 469 g/mol. The van der Waals surface area contributed by atoms with Gasteiger partial charge in [-0.25, -0.2) is 19.7 Å². The molecule has 12 heteroatoms. The largest absolute Gasteiger partial charge is 0.493 e. The van der Waals surface area contributed by atoms with Crippen LogP contribution in [0, 0.1) is 0 Å². The summed E-state index contributed by atoms with van der Waals surface area (Å²) in [6.45, 7) is 1.05. The van der Waals surface area contributed by atoms with E-state index in [1.807, 2.05) is 0 Å². The van der Waals surface area contributed by atoms with Crippen LogP contribution in [0.4, 0.5) is 22.1 Å². The van der Waals surface area contributed by atoms with Gasteiger partial charge in [0.1, 0.15) is 11.3 Å². The van der Waals surface area contributed by atoms with E-state index in [1.54, 1.807) is 44.7 Å². The zero-order valence-electron chi connectivity index (χ0n) is 19.2. The van der Waals surface area contributed by atoms with Crippen LogP contribution in [0.2, 0.25) is 0 Å². The van der Waals surface area contributed by atoms with Crippen molar-refractivity contribution >= 4 is 34.5 Å². The Hall–Kier alpha value is -3.90. The highest BCUT2D eigenvalue weighted by Gasteiger charge is 2.20. The lowest BCUT2D eigenvalue weighted by atomic mass is 10.1. The van der Waals surface area contributed by atoms with Gasteiger partial charge in [-0.05, 0) is 25.0 Å². The lowest BCUT2D eigenvalue weighted by Gasteiger charge is -2.27. The molecule has 2 amide bonds. The van der Waals surface area contributed by atoms with Gasteiger partial charge in [0, 0.05) is 37.0 Å². The van der Waals surface area contributed by atoms with Gasteiger partial charge in [0.05, 0.1) is 27.5 Å². The molecule has 1 aromatic carbocycles. The third-order valence-electron chi connectivity index (χ3n) is 5.39. The summed E-state index contributed by atoms with van der Waals surface area (Å²) in [6, 6.07) is 6.55. The highest BCUT2D eigenvalue weighted by Crippen LogP contribution is 2.40. The molecule has 2 aromatic heterocycles. The van der Waals surface area contributed by atoms with Crippen molar-refractivity contribution in [3.63, 3.8) is 0 Å². The molecular weight excluding hydrogens is 442 g/mol. The number of ether oxygens (including phenoxy) is 3. The van der Waals surface area contributed by atoms with Crippen molar-refractivity contribution in [2.45, 2.75) is 18.9 Å². The summed E-state index contributed by atoms with van der Waals surface area (Å²) in [6.07, 6.45) is 2.94. The first-order valence-corrected chi connectivity index (χ1v) is 10.7. The molecule has 1 fully saturated rings. The van der Waals surface area contributed by atoms with Crippen LogP contribution < -0.4 is 30.2 Å². The number of fused-ring (bicyclic) bond motifs is 1. The number of amides is 2. The number of nitrogens with one attached hydrogen (secondary N) is 3. The Morgan fingerprint density at radius 1 is 1.03 bits per heavy atom. The van der Waals surface area contributed by atoms with Gasteiger partial charge in [-0.15, -0.1) is 0 Å². The lowest BCUT2D eigenvalue weighted by molar-refractivity contribution is -0.107. The standard InChI is InChI=1S/C22H27N7O5/c1-32-16-10-14(11-17(33-2)20(16)34-3)24-19-12-23-15-4-5-18(26-21(15)27-19)28-22(30)25-13-6-8-29(31)9-7-13/h4-5,10-13,31H,6-9H2,1-3H3,(H3,24,25,26,27,28,30). The number of carbonyl (C=O) groups excluding carboxylic acids is 1. The molecule has 0 radical (unpaired) electrons. The van der Waals surface area contributed by atoms with E-state index in [-0.39, 0.29) is 12.1 Å². The Morgan fingerprint density at radius 3 is 2.35 bits per heavy atom. The first-order valence-electron chi connectivity index (χ1n) is 10.7. The number of hydrogen-bond acceptors (Lipinski definition) is 10. The van der Waals surface area contributed by atoms with Crippen LogP contribution in [0.5, 0.6) is 17.2 Å². The van der Waals surface area contributed by atoms with Gasteiger partial charge in [0.2, 0.25) is 5.75 Å². The Morgan fingerprint density at radius 2 is 1.71 bits per heavy atom. The van der Waals surface area contributed by atoms with Gasteiger partial charge < -0.3 is 30.1 Å². The molecule has 3 heterocycles. The number of aromatic nitrogens is 3. The number of urea groups is 1. The number of pyridine rings is 1. The van der Waals surface area contributed by atoms with Crippen LogP contribution >= 0.6 is 0 Å². The number of nitrogens with zero attached hydrogens (tertiary/aromatic N) is 4. The second kappa shape index (κ2) is 10.4. The molecule has 0 aliphatic carbocycles. The van der Waals surface area contributed by atoms with Crippen molar-refractivity contribution in [2.75, 3.05) is 45.1 Å². The van der Waals surface area contributed by atoms with Crippen molar-refractivity contribution in [3.8, 4) is 17.2 Å². The van der Waals surface area contributed by atoms with Gasteiger partial charge in [-0.3, -0.25) is 5.32 Å². The molecule has 12 nitrogen and oxygen atoms in total. The molecule has 34 heavy (non-hydrogen) atoms. The highest BCUT2D eigenvalue weighted by molar-refractivity contribution is 5.89. The second-order valence-electron chi connectivity index (χ2n) is 7.66. The summed E-state index contributed by atoms with van der Waals surface area (Å²) in [5.74, 6) is 2.28. The van der Waals surface area contributed by atoms with E-state index in [1.165, 1.54) is 12.2 Å². The number of benzene rings is 1. The van der Waals surface area contributed by atoms with Crippen molar-refractivity contribution in [2.24, 2.45) is 0 Å². The predicted octanol–water partition coefficient (Wildman–Crippen LogP) is 2.77. The number of carbonyl (C=O) groups is 1. The molecule has 3 aromatic rings. The Bertz CT molecular complexity index is 1140. The molecule has 1 aliphatic heterocycles. The highest BCUT2D eigenvalue weighted by atomic mass is 16.5. The fourth-order valence-electron chi connectivity index (χ4n) is 3.68. The Labute approximate surface area is 196 Å². The summed E-state index contributed by atoms with van der Waals surface area (Å²) in [4.78, 5) is 25.7. The number of anilines is 3. The maximum Gasteiger partial charge on any atom is 0.320 e. The summed E-state index contributed by atoms with van der Waals surface area (Å²) in [7, 11) is 4.62. The van der Waals surface area contributed by atoms with Crippen molar-refractivity contribution in [1.29, 1.82) is 0 Å². The zero-order chi connectivity index (χ0) is 24.1. The molecule has 0 atom stereocenters. The summed E-state index contributed by atoms with van der Waals surface area (Å²) in [5, 5.41) is 19.5. The fourth-order valence-corrected chi connectivity index (χ4v) is 3.68. The quantitative estimate of drug-likeness (QED) is 0.408. The maximum atomic E-state index is 12.4. The average molecular weight is 470 g/mol. The number of piperidine rings is 1. The van der Waals surface area contributed by atoms with Crippen LogP contribution in [0.3, 0.4) is 0 Å². The van der Waals surface area contributed by atoms with Gasteiger partial charge in [-0.2, -0.15) is 5.06 Å². The summed E-state index contributed by atoms with van der Waals surface area (Å²) >= 11 is 0. The van der Waals surface area contributed by atoms with Gasteiger partial charge in [-0.1, -0.05) is 0 Å². The molecule has 180 valence electrons. The first kappa shape index (κ1) is 23.3. The molecule has 4 N–H and O–H groups in total. The third-order valence-corrected chi connectivity index (χ3v) is 5.39. The van der Waals surface area contributed by atoms with E-state index in [9.17, 15) is 10.0 Å². The topological polar surface area (TPSA) is 143 Å². The molecule has 1 saturated heterocycles. The van der Waals surface area contributed by atoms with Crippen molar-refractivity contribution < 1.29 is 24.2 Å². The fraction of sp³-hybridized carbons (Fsp3) is 0.364. The zero-order valence-corrected chi connectivity index (χ0v) is 19.2. The van der Waals surface area contributed by atoms with E-state index in [0.717, 1.165) is 0 Å². The van der Waals surface area contributed by atoms with Gasteiger partial charge in [0.25, 0.3) is 0 Å². The minimum atomic E-state index is -0.358. The minimum Gasteiger partial charge on any atom is -0.493 e. The normalized spacial score (nSPS) is 14.5. The Balaban J connectivity index is 1.49. The van der Waals surface area contributed by atoms with E-state index in [2.05, 4.69) is 30.9 Å². The molecule has 0 bridgehead atoms. The van der Waals surface area contributed by atoms with E-state index < -0.39 is 0 Å². The molecule has 1 aliphatic rings. The smallest absolute Gasteiger partial charge is 0.320 e. The molecule has 0 unspecified atom stereocenters. The van der Waals surface area contributed by atoms with Crippen LogP contribution in [-0.4, -0.2) is 71.7 Å². The molecule has 4 rings (SSSR count). The van der Waals surface area contributed by atoms with Crippen LogP contribution in [-0.2, 0) is 0 Å². The third kappa shape index (κ3) is 5.35. The average Bonchev–Trinajstić information content (AvgIpc) is 2.84. The summed E-state index contributed by atoms with van der Waals surface area (Å²) < 4.78 is 16.1. The van der Waals surface area contributed by atoms with E-state index in [0.29, 0.717) is 71.7 Å². The number of rotatable bonds is 7. The van der Waals surface area contributed by atoms with Gasteiger partial charge >= 0.3 is 6.03 Å². The second-order valence-corrected chi connectivity index (χ2v) is 7.66. The molecule has 0 spiro atoms. The van der Waals surface area contributed by atoms with Gasteiger partial charge in [0.15, 0.2) is 23.0 Å². The Kier molecular flexibility index (Phi) is 7.09. The minimum absolute atomic E-state index is 0.00192. The maximum absolute atomic E-state index is 12.4. The number of hydroxylamine groups is 2. The first-order chi connectivity index (χ1) is 16.5.